The van der Waals surface area contributed by atoms with Crippen LogP contribution in [0, 0.1) is 5.82 Å². The zero-order chi connectivity index (χ0) is 13.0. The summed E-state index contributed by atoms with van der Waals surface area (Å²) in [6.45, 7) is 0. The summed E-state index contributed by atoms with van der Waals surface area (Å²) in [5.74, 6) is -0.130. The number of aliphatic hydroxyl groups excluding tert-OH is 2. The molecule has 0 fully saturated rings. The summed E-state index contributed by atoms with van der Waals surface area (Å²) in [4.78, 5) is 0. The van der Waals surface area contributed by atoms with E-state index in [1.807, 2.05) is 0 Å². The molecule has 0 radical (unpaired) electrons. The molecule has 1 aromatic rings. The molecule has 0 heterocycles. The van der Waals surface area contributed by atoms with Gasteiger partial charge in [-0.15, -0.1) is 0 Å². The van der Waals surface area contributed by atoms with Crippen LogP contribution in [0.3, 0.4) is 0 Å². The second-order valence-electron chi connectivity index (χ2n) is 3.40. The topological polar surface area (TPSA) is 58.9 Å². The summed E-state index contributed by atoms with van der Waals surface area (Å²) in [6, 6.07) is 2.42. The molecule has 0 saturated heterocycles. The van der Waals surface area contributed by atoms with Crippen LogP contribution < -0.4 is 9.47 Å². The van der Waals surface area contributed by atoms with Crippen LogP contribution in [0.25, 0.3) is 0 Å². The van der Waals surface area contributed by atoms with Crippen LogP contribution in [0.2, 0.25) is 0 Å². The Balaban J connectivity index is 3.16. The standard InChI is InChI=1S/C11H14BrFO4/c1-16-9-3-6(11(15)8(14)5-12)7(13)4-10(9)17-2/h3-4,8,11,14-15H,5H2,1-2H3. The zero-order valence-corrected chi connectivity index (χ0v) is 11.1. The third-order valence-electron chi connectivity index (χ3n) is 2.34. The Hall–Kier alpha value is -0.850. The highest BCUT2D eigenvalue weighted by Gasteiger charge is 2.23. The zero-order valence-electron chi connectivity index (χ0n) is 9.48. The molecule has 96 valence electrons. The summed E-state index contributed by atoms with van der Waals surface area (Å²) in [5, 5.41) is 19.3. The molecule has 2 atom stereocenters. The maximum atomic E-state index is 13.7. The Morgan fingerprint density at radius 2 is 1.76 bits per heavy atom. The Labute approximate surface area is 107 Å². The normalized spacial score (nSPS) is 14.2. The van der Waals surface area contributed by atoms with Crippen molar-refractivity contribution in [2.75, 3.05) is 19.5 Å². The van der Waals surface area contributed by atoms with Gasteiger partial charge in [-0.05, 0) is 6.07 Å². The van der Waals surface area contributed by atoms with Crippen molar-refractivity contribution in [1.82, 2.24) is 0 Å². The Morgan fingerprint density at radius 1 is 1.24 bits per heavy atom. The molecule has 4 nitrogen and oxygen atoms in total. The van der Waals surface area contributed by atoms with Gasteiger partial charge in [0, 0.05) is 17.0 Å². The number of benzene rings is 1. The van der Waals surface area contributed by atoms with Gasteiger partial charge in [0.2, 0.25) is 0 Å². The summed E-state index contributed by atoms with van der Waals surface area (Å²) in [6.07, 6.45) is -2.42. The quantitative estimate of drug-likeness (QED) is 0.812. The van der Waals surface area contributed by atoms with E-state index >= 15 is 0 Å². The first kappa shape index (κ1) is 14.2. The van der Waals surface area contributed by atoms with E-state index < -0.39 is 18.0 Å². The SMILES string of the molecule is COc1cc(F)c(C(O)C(O)CBr)cc1OC. The minimum atomic E-state index is -1.32. The van der Waals surface area contributed by atoms with E-state index in [0.717, 1.165) is 6.07 Å². The maximum absolute atomic E-state index is 13.7. The van der Waals surface area contributed by atoms with Crippen molar-refractivity contribution in [3.63, 3.8) is 0 Å². The van der Waals surface area contributed by atoms with Crippen molar-refractivity contribution in [3.8, 4) is 11.5 Å². The highest BCUT2D eigenvalue weighted by atomic mass is 79.9. The molecule has 6 heteroatoms. The molecule has 0 aromatic heterocycles. The fourth-order valence-corrected chi connectivity index (χ4v) is 1.74. The van der Waals surface area contributed by atoms with E-state index in [1.54, 1.807) is 0 Å². The number of halogens is 2. The predicted octanol–water partition coefficient (Wildman–Crippen LogP) is 1.63. The van der Waals surface area contributed by atoms with Crippen molar-refractivity contribution in [3.05, 3.63) is 23.5 Å². The molecule has 1 rings (SSSR count). The van der Waals surface area contributed by atoms with Crippen LogP contribution in [-0.2, 0) is 0 Å². The summed E-state index contributed by atoms with van der Waals surface area (Å²) in [5.41, 5.74) is -0.0328. The molecule has 17 heavy (non-hydrogen) atoms. The fraction of sp³-hybridized carbons (Fsp3) is 0.455. The third-order valence-corrected chi connectivity index (χ3v) is 3.01. The highest BCUT2D eigenvalue weighted by Crippen LogP contribution is 2.33. The molecule has 2 N–H and O–H groups in total. The van der Waals surface area contributed by atoms with Gasteiger partial charge < -0.3 is 19.7 Å². The van der Waals surface area contributed by atoms with Gasteiger partial charge in [-0.25, -0.2) is 4.39 Å². The molecular weight excluding hydrogens is 295 g/mol. The average Bonchev–Trinajstić information content (AvgIpc) is 2.36. The predicted molar refractivity (Wildman–Crippen MR) is 64.3 cm³/mol. The highest BCUT2D eigenvalue weighted by molar-refractivity contribution is 9.09. The molecule has 0 saturated carbocycles. The van der Waals surface area contributed by atoms with Crippen molar-refractivity contribution in [1.29, 1.82) is 0 Å². The van der Waals surface area contributed by atoms with E-state index in [1.165, 1.54) is 20.3 Å². The number of alkyl halides is 1. The summed E-state index contributed by atoms with van der Waals surface area (Å²) >= 11 is 3.01. The molecule has 0 aliphatic carbocycles. The number of aliphatic hydroxyl groups is 2. The number of ether oxygens (including phenoxy) is 2. The van der Waals surface area contributed by atoms with Gasteiger partial charge in [0.05, 0.1) is 20.3 Å². The van der Waals surface area contributed by atoms with Crippen LogP contribution in [0.4, 0.5) is 4.39 Å². The Bertz CT molecular complexity index is 386. The van der Waals surface area contributed by atoms with Crippen molar-refractivity contribution in [2.45, 2.75) is 12.2 Å². The molecule has 0 bridgehead atoms. The lowest BCUT2D eigenvalue weighted by Crippen LogP contribution is -2.20. The van der Waals surface area contributed by atoms with E-state index in [-0.39, 0.29) is 16.6 Å². The van der Waals surface area contributed by atoms with Gasteiger partial charge in [-0.1, -0.05) is 15.9 Å². The largest absolute Gasteiger partial charge is 0.493 e. The van der Waals surface area contributed by atoms with Crippen molar-refractivity contribution >= 4 is 15.9 Å². The first-order valence-corrected chi connectivity index (χ1v) is 6.00. The van der Waals surface area contributed by atoms with Gasteiger partial charge in [-0.3, -0.25) is 0 Å². The van der Waals surface area contributed by atoms with E-state index in [4.69, 9.17) is 9.47 Å². The first-order chi connectivity index (χ1) is 8.04. The number of methoxy groups -OCH3 is 2. The third kappa shape index (κ3) is 3.08. The van der Waals surface area contributed by atoms with Gasteiger partial charge >= 0.3 is 0 Å². The summed E-state index contributed by atoms with van der Waals surface area (Å²) < 4.78 is 23.6. The fourth-order valence-electron chi connectivity index (χ4n) is 1.39. The van der Waals surface area contributed by atoms with E-state index in [2.05, 4.69) is 15.9 Å². The van der Waals surface area contributed by atoms with Crippen molar-refractivity contribution in [2.24, 2.45) is 0 Å². The lowest BCUT2D eigenvalue weighted by molar-refractivity contribution is 0.0318. The molecular formula is C11H14BrFO4. The molecule has 2 unspecified atom stereocenters. The Morgan fingerprint density at radius 3 is 2.24 bits per heavy atom. The van der Waals surface area contributed by atoms with Gasteiger partial charge in [0.1, 0.15) is 11.9 Å². The average molecular weight is 309 g/mol. The van der Waals surface area contributed by atoms with Gasteiger partial charge in [-0.2, -0.15) is 0 Å². The second kappa shape index (κ2) is 6.18. The number of hydrogen-bond acceptors (Lipinski definition) is 4. The smallest absolute Gasteiger partial charge is 0.163 e. The van der Waals surface area contributed by atoms with Crippen LogP contribution in [0.5, 0.6) is 11.5 Å². The lowest BCUT2D eigenvalue weighted by atomic mass is 10.0. The van der Waals surface area contributed by atoms with Crippen LogP contribution in [0.1, 0.15) is 11.7 Å². The van der Waals surface area contributed by atoms with Gasteiger partial charge in [0.25, 0.3) is 0 Å². The molecule has 0 amide bonds. The minimum Gasteiger partial charge on any atom is -0.493 e. The molecule has 0 spiro atoms. The monoisotopic (exact) mass is 308 g/mol. The van der Waals surface area contributed by atoms with E-state index in [9.17, 15) is 14.6 Å². The number of hydrogen-bond donors (Lipinski definition) is 2. The summed E-state index contributed by atoms with van der Waals surface area (Å²) in [7, 11) is 2.80. The maximum Gasteiger partial charge on any atom is 0.163 e. The van der Waals surface area contributed by atoms with Gasteiger partial charge in [0.15, 0.2) is 11.5 Å². The lowest BCUT2D eigenvalue weighted by Gasteiger charge is -2.18. The molecule has 1 aromatic carbocycles. The Kier molecular flexibility index (Phi) is 5.17. The van der Waals surface area contributed by atoms with Crippen LogP contribution in [0.15, 0.2) is 12.1 Å². The van der Waals surface area contributed by atoms with Crippen molar-refractivity contribution < 1.29 is 24.1 Å². The second-order valence-corrected chi connectivity index (χ2v) is 4.04. The molecule has 0 aliphatic rings. The van der Waals surface area contributed by atoms with E-state index in [0.29, 0.717) is 5.75 Å². The molecule has 0 aliphatic heterocycles. The first-order valence-electron chi connectivity index (χ1n) is 4.88. The number of rotatable bonds is 5. The van der Waals surface area contributed by atoms with Crippen LogP contribution >= 0.6 is 15.9 Å². The minimum absolute atomic E-state index is 0.0328. The van der Waals surface area contributed by atoms with Crippen LogP contribution in [-0.4, -0.2) is 35.9 Å².